The predicted octanol–water partition coefficient (Wildman–Crippen LogP) is 5.58. The van der Waals surface area contributed by atoms with Crippen LogP contribution in [0.4, 0.5) is 5.69 Å². The van der Waals surface area contributed by atoms with Gasteiger partial charge >= 0.3 is 0 Å². The Bertz CT molecular complexity index is 789. The molecule has 0 radical (unpaired) electrons. The molecule has 2 rings (SSSR count). The van der Waals surface area contributed by atoms with Gasteiger partial charge in [0.2, 0.25) is 0 Å². The molecule has 2 aromatic rings. The summed E-state index contributed by atoms with van der Waals surface area (Å²) in [6.07, 6.45) is 1.02. The van der Waals surface area contributed by atoms with E-state index < -0.39 is 0 Å². The van der Waals surface area contributed by atoms with Gasteiger partial charge in [-0.05, 0) is 81.2 Å². The summed E-state index contributed by atoms with van der Waals surface area (Å²) in [5.41, 5.74) is 5.47. The molecule has 0 spiro atoms. The Morgan fingerprint density at radius 2 is 1.74 bits per heavy atom. The Morgan fingerprint density at radius 1 is 0.963 bits per heavy atom. The summed E-state index contributed by atoms with van der Waals surface area (Å²) >= 11 is 5.23. The van der Waals surface area contributed by atoms with Gasteiger partial charge in [-0.1, -0.05) is 19.1 Å². The predicted molar refractivity (Wildman–Crippen MR) is 115 cm³/mol. The van der Waals surface area contributed by atoms with Crippen molar-refractivity contribution in [3.05, 3.63) is 52.6 Å². The van der Waals surface area contributed by atoms with E-state index in [0.29, 0.717) is 25.0 Å². The van der Waals surface area contributed by atoms with E-state index in [4.69, 9.17) is 26.4 Å². The van der Waals surface area contributed by atoms with Gasteiger partial charge in [-0.3, -0.25) is 0 Å². The number of benzene rings is 2. The normalized spacial score (nSPS) is 10.4. The van der Waals surface area contributed by atoms with Gasteiger partial charge in [0, 0.05) is 0 Å². The molecule has 0 saturated heterocycles. The lowest BCUT2D eigenvalue weighted by molar-refractivity contribution is 0.285. The molecule has 0 bridgehead atoms. The molecule has 4 nitrogen and oxygen atoms in total. The zero-order valence-corrected chi connectivity index (χ0v) is 17.7. The van der Waals surface area contributed by atoms with Gasteiger partial charge in [-0.2, -0.15) is 0 Å². The first-order valence-corrected chi connectivity index (χ1v) is 9.82. The summed E-state index contributed by atoms with van der Waals surface area (Å²) in [7, 11) is 0. The quantitative estimate of drug-likeness (QED) is 0.599. The maximum Gasteiger partial charge on any atom is 0.261 e. The Hall–Kier alpha value is -2.27. The Labute approximate surface area is 167 Å². The average molecular weight is 388 g/mol. The van der Waals surface area contributed by atoms with Crippen molar-refractivity contribution in [3.63, 3.8) is 0 Å². The van der Waals surface area contributed by atoms with E-state index in [1.807, 2.05) is 32.0 Å². The fourth-order valence-electron chi connectivity index (χ4n) is 2.94. The highest BCUT2D eigenvalue weighted by Gasteiger charge is 2.13. The van der Waals surface area contributed by atoms with Gasteiger partial charge in [0.25, 0.3) is 5.17 Å². The van der Waals surface area contributed by atoms with E-state index in [2.05, 4.69) is 38.2 Å². The largest absolute Gasteiger partial charge is 0.493 e. The van der Waals surface area contributed by atoms with Crippen LogP contribution in [0.15, 0.2) is 30.3 Å². The van der Waals surface area contributed by atoms with Crippen LogP contribution < -0.4 is 14.8 Å². The molecule has 146 valence electrons. The molecule has 27 heavy (non-hydrogen) atoms. The first-order chi connectivity index (χ1) is 13.0. The molecule has 0 saturated carbocycles. The molecular formula is C22H29NO3S. The molecule has 0 aliphatic carbocycles. The van der Waals surface area contributed by atoms with E-state index >= 15 is 0 Å². The van der Waals surface area contributed by atoms with Crippen LogP contribution in [0.25, 0.3) is 0 Å². The molecule has 0 aliphatic heterocycles. The van der Waals surface area contributed by atoms with Crippen molar-refractivity contribution in [1.29, 1.82) is 0 Å². The zero-order valence-electron chi connectivity index (χ0n) is 16.8. The van der Waals surface area contributed by atoms with E-state index in [-0.39, 0.29) is 0 Å². The second kappa shape index (κ2) is 10.2. The minimum atomic E-state index is 0.340. The topological polar surface area (TPSA) is 39.7 Å². The molecule has 0 unspecified atom stereocenters. The van der Waals surface area contributed by atoms with E-state index in [1.54, 1.807) is 0 Å². The standard InChI is InChI=1S/C22H29NO3S/c1-6-17-12-16(5)21(13-15(17)4)26-14-18-19(23-22(27)25-8-3)10-9-11-20(18)24-7-2/h9-13H,6-8,14H2,1-5H3,(H,23,27). The van der Waals surface area contributed by atoms with Crippen LogP contribution in [0.5, 0.6) is 11.5 Å². The highest BCUT2D eigenvalue weighted by molar-refractivity contribution is 7.80. The number of anilines is 1. The van der Waals surface area contributed by atoms with Crippen molar-refractivity contribution in [2.24, 2.45) is 0 Å². The molecule has 0 amide bonds. The number of ether oxygens (including phenoxy) is 3. The lowest BCUT2D eigenvalue weighted by Crippen LogP contribution is -2.15. The fourth-order valence-corrected chi connectivity index (χ4v) is 3.16. The van der Waals surface area contributed by atoms with Crippen LogP contribution in [0.1, 0.15) is 43.0 Å². The molecule has 1 N–H and O–H groups in total. The van der Waals surface area contributed by atoms with Gasteiger partial charge < -0.3 is 19.5 Å². The number of hydrogen-bond donors (Lipinski definition) is 1. The summed E-state index contributed by atoms with van der Waals surface area (Å²) in [6, 6.07) is 10.1. The van der Waals surface area contributed by atoms with Crippen molar-refractivity contribution in [1.82, 2.24) is 0 Å². The molecule has 0 fully saturated rings. The highest BCUT2D eigenvalue weighted by atomic mass is 32.1. The van der Waals surface area contributed by atoms with Crippen LogP contribution in [0.2, 0.25) is 0 Å². The lowest BCUT2D eigenvalue weighted by atomic mass is 10.0. The number of rotatable bonds is 8. The third-order valence-corrected chi connectivity index (χ3v) is 4.55. The summed E-state index contributed by atoms with van der Waals surface area (Å²) in [6.45, 7) is 11.7. The number of thiocarbonyl (C=S) groups is 1. The summed E-state index contributed by atoms with van der Waals surface area (Å²) in [5.74, 6) is 1.66. The third kappa shape index (κ3) is 5.60. The molecule has 0 heterocycles. The van der Waals surface area contributed by atoms with Gasteiger partial charge in [-0.25, -0.2) is 0 Å². The van der Waals surface area contributed by atoms with Crippen LogP contribution in [-0.4, -0.2) is 18.4 Å². The highest BCUT2D eigenvalue weighted by Crippen LogP contribution is 2.30. The van der Waals surface area contributed by atoms with Crippen molar-refractivity contribution < 1.29 is 14.2 Å². The Morgan fingerprint density at radius 3 is 2.41 bits per heavy atom. The molecule has 0 aliphatic rings. The Kier molecular flexibility index (Phi) is 7.92. The Balaban J connectivity index is 2.28. The lowest BCUT2D eigenvalue weighted by Gasteiger charge is -2.18. The first-order valence-electron chi connectivity index (χ1n) is 9.41. The SMILES string of the molecule is CCOC(=S)Nc1cccc(OCC)c1COc1cc(C)c(CC)cc1C. The van der Waals surface area contributed by atoms with Gasteiger partial charge in [0.1, 0.15) is 18.1 Å². The van der Waals surface area contributed by atoms with E-state index in [9.17, 15) is 0 Å². The molecule has 0 aromatic heterocycles. The van der Waals surface area contributed by atoms with Crippen LogP contribution in [0, 0.1) is 13.8 Å². The number of nitrogens with one attached hydrogen (secondary N) is 1. The van der Waals surface area contributed by atoms with Gasteiger partial charge in [-0.15, -0.1) is 0 Å². The third-order valence-electron chi connectivity index (χ3n) is 4.33. The van der Waals surface area contributed by atoms with Crippen LogP contribution >= 0.6 is 12.2 Å². The maximum atomic E-state index is 6.17. The second-order valence-electron chi connectivity index (χ2n) is 6.25. The van der Waals surface area contributed by atoms with Crippen molar-refractivity contribution in [2.45, 2.75) is 47.6 Å². The summed E-state index contributed by atoms with van der Waals surface area (Å²) < 4.78 is 17.3. The van der Waals surface area contributed by atoms with Gasteiger partial charge in [0.05, 0.1) is 24.5 Å². The monoisotopic (exact) mass is 387 g/mol. The summed E-state index contributed by atoms with van der Waals surface area (Å²) in [5, 5.41) is 3.48. The number of aryl methyl sites for hydroxylation is 3. The average Bonchev–Trinajstić information content (AvgIpc) is 2.63. The minimum Gasteiger partial charge on any atom is -0.493 e. The fraction of sp³-hybridized carbons (Fsp3) is 0.409. The minimum absolute atomic E-state index is 0.340. The molecular weight excluding hydrogens is 358 g/mol. The maximum absolute atomic E-state index is 6.17. The molecule has 5 heteroatoms. The van der Waals surface area contributed by atoms with Crippen molar-refractivity contribution in [3.8, 4) is 11.5 Å². The van der Waals surface area contributed by atoms with Crippen molar-refractivity contribution >= 4 is 23.1 Å². The second-order valence-corrected chi connectivity index (χ2v) is 6.62. The van der Waals surface area contributed by atoms with E-state index in [1.165, 1.54) is 11.1 Å². The molecule has 0 atom stereocenters. The number of hydrogen-bond acceptors (Lipinski definition) is 4. The van der Waals surface area contributed by atoms with E-state index in [0.717, 1.165) is 34.7 Å². The van der Waals surface area contributed by atoms with Gasteiger partial charge in [0.15, 0.2) is 0 Å². The smallest absolute Gasteiger partial charge is 0.261 e. The van der Waals surface area contributed by atoms with Crippen LogP contribution in [-0.2, 0) is 17.8 Å². The zero-order chi connectivity index (χ0) is 19.8. The van der Waals surface area contributed by atoms with Crippen molar-refractivity contribution in [2.75, 3.05) is 18.5 Å². The summed E-state index contributed by atoms with van der Waals surface area (Å²) in [4.78, 5) is 0. The van der Waals surface area contributed by atoms with Crippen LogP contribution in [0.3, 0.4) is 0 Å². The molecule has 2 aromatic carbocycles. The first kappa shape index (κ1) is 21.0.